The predicted octanol–water partition coefficient (Wildman–Crippen LogP) is 5.31. The molecule has 3 heterocycles. The monoisotopic (exact) mass is 450 g/mol. The highest BCUT2D eigenvalue weighted by molar-refractivity contribution is 5.52. The molecule has 0 bridgehead atoms. The number of hydrogen-bond donors (Lipinski definition) is 2. The van der Waals surface area contributed by atoms with Gasteiger partial charge in [0.15, 0.2) is 0 Å². The second kappa shape index (κ2) is 10.9. The molecule has 33 heavy (non-hydrogen) atoms. The van der Waals surface area contributed by atoms with E-state index in [1.54, 1.807) is 7.11 Å². The van der Waals surface area contributed by atoms with Gasteiger partial charge in [0.1, 0.15) is 0 Å². The summed E-state index contributed by atoms with van der Waals surface area (Å²) < 4.78 is 5.50. The van der Waals surface area contributed by atoms with E-state index in [0.29, 0.717) is 17.2 Å². The molecule has 0 unspecified atom stereocenters. The summed E-state index contributed by atoms with van der Waals surface area (Å²) in [4.78, 5) is 2.71. The topological polar surface area (TPSA) is 53.2 Å². The molecule has 0 aliphatic carbocycles. The van der Waals surface area contributed by atoms with E-state index in [0.717, 1.165) is 12.8 Å². The Hall–Kier alpha value is -2.11. The van der Waals surface area contributed by atoms with Crippen molar-refractivity contribution >= 4 is 6.08 Å². The maximum atomic E-state index is 5.50. The van der Waals surface area contributed by atoms with Gasteiger partial charge in [0.05, 0.1) is 7.11 Å². The van der Waals surface area contributed by atoms with Crippen LogP contribution in [-0.4, -0.2) is 54.9 Å². The normalized spacial score (nSPS) is 19.1. The molecule has 2 aliphatic rings. The zero-order valence-corrected chi connectivity index (χ0v) is 21.0. The Labute approximate surface area is 200 Å². The number of methoxy groups -OCH3 is 1. The zero-order valence-electron chi connectivity index (χ0n) is 21.0. The van der Waals surface area contributed by atoms with Gasteiger partial charge in [-0.15, -0.1) is 5.10 Å². The maximum Gasteiger partial charge on any atom is 0.236 e. The van der Waals surface area contributed by atoms with Crippen LogP contribution in [0.5, 0.6) is 5.88 Å². The first-order chi connectivity index (χ1) is 16.0. The van der Waals surface area contributed by atoms with Gasteiger partial charge in [-0.05, 0) is 86.7 Å². The Morgan fingerprint density at radius 1 is 1.21 bits per heavy atom. The van der Waals surface area contributed by atoms with E-state index in [9.17, 15) is 0 Å². The molecule has 0 amide bonds. The molecule has 0 saturated carbocycles. The third-order valence-electron chi connectivity index (χ3n) is 7.69. The molecule has 180 valence electrons. The molecule has 2 N–H and O–H groups in total. The van der Waals surface area contributed by atoms with Crippen molar-refractivity contribution in [1.82, 2.24) is 20.4 Å². The number of likely N-dealkylation sites (tertiary alicyclic amines) is 1. The Morgan fingerprint density at radius 3 is 2.76 bits per heavy atom. The maximum absolute atomic E-state index is 5.50. The van der Waals surface area contributed by atoms with Gasteiger partial charge in [-0.2, -0.15) is 0 Å². The number of nitrogens with one attached hydrogen (secondary N) is 2. The summed E-state index contributed by atoms with van der Waals surface area (Å²) in [6, 6.07) is 6.81. The minimum atomic E-state index is 0.392. The number of ether oxygens (including phenoxy) is 1. The quantitative estimate of drug-likeness (QED) is 0.572. The van der Waals surface area contributed by atoms with E-state index >= 15 is 0 Å². The second-order valence-corrected chi connectivity index (χ2v) is 10.5. The first-order valence-electron chi connectivity index (χ1n) is 12.8. The number of rotatable bonds is 8. The molecule has 1 spiro atoms. The molecular weight excluding hydrogens is 408 g/mol. The van der Waals surface area contributed by atoms with Crippen LogP contribution in [0.2, 0.25) is 0 Å². The number of aromatic amines is 1. The van der Waals surface area contributed by atoms with Gasteiger partial charge in [-0.3, -0.25) is 5.10 Å². The number of H-pyrrole nitrogens is 1. The van der Waals surface area contributed by atoms with Crippen molar-refractivity contribution in [3.63, 3.8) is 0 Å². The van der Waals surface area contributed by atoms with Crippen LogP contribution >= 0.6 is 0 Å². The van der Waals surface area contributed by atoms with Crippen molar-refractivity contribution in [2.45, 2.75) is 65.2 Å². The van der Waals surface area contributed by atoms with E-state index in [-0.39, 0.29) is 0 Å². The van der Waals surface area contributed by atoms with E-state index in [1.165, 1.54) is 86.4 Å². The summed E-state index contributed by atoms with van der Waals surface area (Å²) in [7, 11) is 1.70. The molecule has 4 rings (SSSR count). The van der Waals surface area contributed by atoms with E-state index in [2.05, 4.69) is 71.5 Å². The predicted molar refractivity (Wildman–Crippen MR) is 137 cm³/mol. The second-order valence-electron chi connectivity index (χ2n) is 10.5. The highest BCUT2D eigenvalue weighted by atomic mass is 16.5. The van der Waals surface area contributed by atoms with Gasteiger partial charge in [0.2, 0.25) is 5.88 Å². The minimum Gasteiger partial charge on any atom is -0.480 e. The molecule has 5 nitrogen and oxygen atoms in total. The lowest BCUT2D eigenvalue weighted by atomic mass is 9.73. The third-order valence-corrected chi connectivity index (χ3v) is 7.69. The Morgan fingerprint density at radius 2 is 2.03 bits per heavy atom. The highest BCUT2D eigenvalue weighted by Gasteiger charge is 2.35. The molecule has 2 aliphatic heterocycles. The third kappa shape index (κ3) is 5.88. The highest BCUT2D eigenvalue weighted by Crippen LogP contribution is 2.38. The van der Waals surface area contributed by atoms with E-state index in [4.69, 9.17) is 4.74 Å². The van der Waals surface area contributed by atoms with Crippen LogP contribution in [0.25, 0.3) is 6.08 Å². The standard InChI is InChI=1S/C28H42N4O/c1-21(2)26-25(27(33-4)31-30-26)19-24-10-9-23(18-22(24)3)8-5-6-16-32-17-7-11-28(20-32)12-14-29-15-13-28/h5,8-10,18,21,29H,6-7,11-17,19-20H2,1-4H3,(H,30,31)/b8-5+. The average molecular weight is 451 g/mol. The summed E-state index contributed by atoms with van der Waals surface area (Å²) in [5.41, 5.74) is 6.86. The van der Waals surface area contributed by atoms with Crippen molar-refractivity contribution < 1.29 is 4.74 Å². The SMILES string of the molecule is COc1n[nH]c(C(C)C)c1Cc1ccc(/C=C/CCN2CCCC3(CCNCC3)C2)cc1C. The summed E-state index contributed by atoms with van der Waals surface area (Å²) in [5.74, 6) is 1.11. The number of hydrogen-bond acceptors (Lipinski definition) is 4. The fourth-order valence-corrected chi connectivity index (χ4v) is 5.73. The fourth-order valence-electron chi connectivity index (χ4n) is 5.73. The molecule has 2 fully saturated rings. The van der Waals surface area contributed by atoms with Crippen molar-refractivity contribution in [1.29, 1.82) is 0 Å². The van der Waals surface area contributed by atoms with Crippen LogP contribution < -0.4 is 10.1 Å². The van der Waals surface area contributed by atoms with Crippen molar-refractivity contribution in [3.05, 3.63) is 52.2 Å². The van der Waals surface area contributed by atoms with Gasteiger partial charge in [0.25, 0.3) is 0 Å². The van der Waals surface area contributed by atoms with Gasteiger partial charge in [0, 0.05) is 30.8 Å². The molecule has 2 saturated heterocycles. The summed E-state index contributed by atoms with van der Waals surface area (Å²) in [6.07, 6.45) is 12.1. The average Bonchev–Trinajstić information content (AvgIpc) is 3.22. The molecule has 0 radical (unpaired) electrons. The number of aromatic nitrogens is 2. The van der Waals surface area contributed by atoms with Gasteiger partial charge < -0.3 is 15.0 Å². The van der Waals surface area contributed by atoms with Crippen LogP contribution in [0.15, 0.2) is 24.3 Å². The Bertz CT molecular complexity index is 934. The zero-order chi connectivity index (χ0) is 23.3. The molecule has 5 heteroatoms. The summed E-state index contributed by atoms with van der Waals surface area (Å²) in [5, 5.41) is 11.0. The van der Waals surface area contributed by atoms with Gasteiger partial charge in [-0.25, -0.2) is 0 Å². The summed E-state index contributed by atoms with van der Waals surface area (Å²) >= 11 is 0. The van der Waals surface area contributed by atoms with Crippen LogP contribution in [0.1, 0.15) is 79.8 Å². The minimum absolute atomic E-state index is 0.392. The van der Waals surface area contributed by atoms with E-state index in [1.807, 2.05) is 0 Å². The van der Waals surface area contributed by atoms with Crippen LogP contribution in [0.3, 0.4) is 0 Å². The van der Waals surface area contributed by atoms with Crippen molar-refractivity contribution in [3.8, 4) is 5.88 Å². The Kier molecular flexibility index (Phi) is 7.92. The van der Waals surface area contributed by atoms with Crippen LogP contribution in [-0.2, 0) is 6.42 Å². The first kappa shape index (κ1) is 24.0. The lowest BCUT2D eigenvalue weighted by Crippen LogP contribution is -2.48. The lowest BCUT2D eigenvalue weighted by Gasteiger charge is -2.45. The van der Waals surface area contributed by atoms with Crippen LogP contribution in [0, 0.1) is 12.3 Å². The van der Waals surface area contributed by atoms with E-state index < -0.39 is 0 Å². The van der Waals surface area contributed by atoms with Crippen molar-refractivity contribution in [2.24, 2.45) is 5.41 Å². The molecule has 2 aromatic rings. The Balaban J connectivity index is 1.33. The van der Waals surface area contributed by atoms with Crippen LogP contribution in [0.4, 0.5) is 0 Å². The first-order valence-corrected chi connectivity index (χ1v) is 12.8. The molecule has 0 atom stereocenters. The molecular formula is C28H42N4O. The number of nitrogens with zero attached hydrogens (tertiary/aromatic N) is 2. The van der Waals surface area contributed by atoms with Gasteiger partial charge in [-0.1, -0.05) is 44.2 Å². The van der Waals surface area contributed by atoms with Gasteiger partial charge >= 0.3 is 0 Å². The molecule has 1 aromatic carbocycles. The number of piperidine rings is 2. The number of benzene rings is 1. The fraction of sp³-hybridized carbons (Fsp3) is 0.607. The largest absolute Gasteiger partial charge is 0.480 e. The summed E-state index contributed by atoms with van der Waals surface area (Å²) in [6.45, 7) is 12.7. The lowest BCUT2D eigenvalue weighted by molar-refractivity contribution is 0.0608. The molecule has 1 aromatic heterocycles. The number of aryl methyl sites for hydroxylation is 1. The smallest absolute Gasteiger partial charge is 0.236 e. The van der Waals surface area contributed by atoms with Crippen molar-refractivity contribution in [2.75, 3.05) is 39.8 Å².